The summed E-state index contributed by atoms with van der Waals surface area (Å²) in [6, 6.07) is 15.1. The predicted octanol–water partition coefficient (Wildman–Crippen LogP) is 2.60. The van der Waals surface area contributed by atoms with E-state index in [2.05, 4.69) is 30.4 Å². The van der Waals surface area contributed by atoms with Gasteiger partial charge in [-0.1, -0.05) is 36.4 Å². The second-order valence-corrected chi connectivity index (χ2v) is 5.09. The van der Waals surface area contributed by atoms with Crippen molar-refractivity contribution in [2.75, 3.05) is 19.8 Å². The average molecular weight is 257 g/mol. The molecule has 1 aliphatic rings. The van der Waals surface area contributed by atoms with Crippen LogP contribution in [0, 0.1) is 0 Å². The topological polar surface area (TPSA) is 30.5 Å². The summed E-state index contributed by atoms with van der Waals surface area (Å²) in [4.78, 5) is 0. The van der Waals surface area contributed by atoms with Crippen LogP contribution in [0.5, 0.6) is 5.75 Å². The maximum absolute atomic E-state index is 5.96. The molecule has 3 heteroatoms. The maximum atomic E-state index is 5.96. The van der Waals surface area contributed by atoms with Crippen LogP contribution in [0.4, 0.5) is 0 Å². The average Bonchev–Trinajstić information content (AvgIpc) is 2.45. The largest absolute Gasteiger partial charge is 0.491 e. The Hall–Kier alpha value is -1.58. The fraction of sp³-hybridized carbons (Fsp3) is 0.375. The molecule has 1 aliphatic heterocycles. The number of hydrogen-bond acceptors (Lipinski definition) is 3. The van der Waals surface area contributed by atoms with Crippen molar-refractivity contribution in [3.63, 3.8) is 0 Å². The number of hydrogen-bond donors (Lipinski definition) is 1. The van der Waals surface area contributed by atoms with E-state index in [1.807, 2.05) is 24.3 Å². The summed E-state index contributed by atoms with van der Waals surface area (Å²) in [5.74, 6) is 0.943. The third-order valence-electron chi connectivity index (χ3n) is 3.40. The van der Waals surface area contributed by atoms with Crippen LogP contribution in [-0.2, 0) is 4.74 Å². The highest BCUT2D eigenvalue weighted by Gasteiger charge is 2.18. The molecule has 2 aromatic carbocycles. The van der Waals surface area contributed by atoms with E-state index < -0.39 is 0 Å². The van der Waals surface area contributed by atoms with Crippen molar-refractivity contribution in [3.05, 3.63) is 42.5 Å². The van der Waals surface area contributed by atoms with Gasteiger partial charge in [-0.2, -0.15) is 0 Å². The molecule has 3 rings (SSSR count). The lowest BCUT2D eigenvalue weighted by Gasteiger charge is -2.28. The second kappa shape index (κ2) is 5.59. The monoisotopic (exact) mass is 257 g/mol. The fourth-order valence-corrected chi connectivity index (χ4v) is 2.49. The zero-order valence-electron chi connectivity index (χ0n) is 11.1. The first-order chi connectivity index (χ1) is 9.33. The van der Waals surface area contributed by atoms with Gasteiger partial charge in [0.2, 0.25) is 0 Å². The zero-order chi connectivity index (χ0) is 13.1. The lowest BCUT2D eigenvalue weighted by atomic mass is 10.1. The Morgan fingerprint density at radius 1 is 1.16 bits per heavy atom. The Balaban J connectivity index is 1.71. The number of rotatable bonds is 3. The van der Waals surface area contributed by atoms with E-state index in [0.29, 0.717) is 12.6 Å². The SMILES string of the molecule is CC1COCC(COc2cccc3ccccc23)N1. The summed E-state index contributed by atoms with van der Waals surface area (Å²) < 4.78 is 11.5. The Morgan fingerprint density at radius 2 is 2.00 bits per heavy atom. The molecule has 0 bridgehead atoms. The molecule has 2 unspecified atom stereocenters. The third-order valence-corrected chi connectivity index (χ3v) is 3.40. The summed E-state index contributed by atoms with van der Waals surface area (Å²) in [5, 5.41) is 5.86. The standard InChI is InChI=1S/C16H19NO2/c1-12-9-18-10-14(17-12)11-19-16-8-4-6-13-5-2-3-7-15(13)16/h2-8,12,14,17H,9-11H2,1H3. The minimum absolute atomic E-state index is 0.266. The molecule has 1 heterocycles. The van der Waals surface area contributed by atoms with Gasteiger partial charge in [-0.25, -0.2) is 0 Å². The van der Waals surface area contributed by atoms with E-state index in [4.69, 9.17) is 9.47 Å². The van der Waals surface area contributed by atoms with Gasteiger partial charge in [0, 0.05) is 11.4 Å². The maximum Gasteiger partial charge on any atom is 0.127 e. The number of morpholine rings is 1. The molecule has 0 aromatic heterocycles. The van der Waals surface area contributed by atoms with Crippen LogP contribution in [0.25, 0.3) is 10.8 Å². The molecule has 1 N–H and O–H groups in total. The Morgan fingerprint density at radius 3 is 2.89 bits per heavy atom. The van der Waals surface area contributed by atoms with E-state index in [9.17, 15) is 0 Å². The van der Waals surface area contributed by atoms with Crippen LogP contribution in [0.3, 0.4) is 0 Å². The lowest BCUT2D eigenvalue weighted by molar-refractivity contribution is 0.0355. The van der Waals surface area contributed by atoms with E-state index >= 15 is 0 Å². The van der Waals surface area contributed by atoms with Crippen molar-refractivity contribution in [1.82, 2.24) is 5.32 Å². The third kappa shape index (κ3) is 2.88. The smallest absolute Gasteiger partial charge is 0.127 e. The highest BCUT2D eigenvalue weighted by molar-refractivity contribution is 5.88. The summed E-state index contributed by atoms with van der Waals surface area (Å²) >= 11 is 0. The molecular weight excluding hydrogens is 238 g/mol. The minimum atomic E-state index is 0.266. The lowest BCUT2D eigenvalue weighted by Crippen LogP contribution is -2.50. The number of benzene rings is 2. The summed E-state index contributed by atoms with van der Waals surface area (Å²) in [6.45, 7) is 4.27. The molecule has 100 valence electrons. The van der Waals surface area contributed by atoms with Crippen LogP contribution in [0.1, 0.15) is 6.92 Å². The molecule has 2 atom stereocenters. The molecule has 1 saturated heterocycles. The van der Waals surface area contributed by atoms with Gasteiger partial charge < -0.3 is 14.8 Å². The molecule has 2 aromatic rings. The van der Waals surface area contributed by atoms with Crippen LogP contribution in [0.15, 0.2) is 42.5 Å². The van der Waals surface area contributed by atoms with Crippen molar-refractivity contribution in [2.45, 2.75) is 19.0 Å². The van der Waals surface area contributed by atoms with Crippen molar-refractivity contribution in [1.29, 1.82) is 0 Å². The molecule has 1 fully saturated rings. The molecule has 0 aliphatic carbocycles. The van der Waals surface area contributed by atoms with Crippen molar-refractivity contribution in [3.8, 4) is 5.75 Å². The molecule has 0 amide bonds. The quantitative estimate of drug-likeness (QED) is 0.916. The molecular formula is C16H19NO2. The van der Waals surface area contributed by atoms with Gasteiger partial charge in [-0.15, -0.1) is 0 Å². The van der Waals surface area contributed by atoms with Gasteiger partial charge in [0.05, 0.1) is 19.3 Å². The number of ether oxygens (including phenoxy) is 2. The first-order valence-electron chi connectivity index (χ1n) is 6.77. The van der Waals surface area contributed by atoms with E-state index in [1.165, 1.54) is 5.39 Å². The highest BCUT2D eigenvalue weighted by atomic mass is 16.5. The Bertz CT molecular complexity index is 550. The van der Waals surface area contributed by atoms with Gasteiger partial charge in [0.25, 0.3) is 0 Å². The molecule has 0 spiro atoms. The normalized spacial score (nSPS) is 23.4. The fourth-order valence-electron chi connectivity index (χ4n) is 2.49. The van der Waals surface area contributed by atoms with Gasteiger partial charge in [0.1, 0.15) is 12.4 Å². The van der Waals surface area contributed by atoms with Crippen LogP contribution in [-0.4, -0.2) is 31.9 Å². The number of fused-ring (bicyclic) bond motifs is 1. The van der Waals surface area contributed by atoms with Crippen LogP contribution in [0.2, 0.25) is 0 Å². The molecule has 3 nitrogen and oxygen atoms in total. The highest BCUT2D eigenvalue weighted by Crippen LogP contribution is 2.25. The van der Waals surface area contributed by atoms with Crippen LogP contribution >= 0.6 is 0 Å². The number of nitrogens with one attached hydrogen (secondary N) is 1. The summed E-state index contributed by atoms with van der Waals surface area (Å²) in [6.07, 6.45) is 0. The minimum Gasteiger partial charge on any atom is -0.491 e. The Kier molecular flexibility index (Phi) is 3.67. The van der Waals surface area contributed by atoms with Gasteiger partial charge in [-0.05, 0) is 18.4 Å². The van der Waals surface area contributed by atoms with Crippen LogP contribution < -0.4 is 10.1 Å². The first-order valence-corrected chi connectivity index (χ1v) is 6.77. The molecule has 19 heavy (non-hydrogen) atoms. The van der Waals surface area contributed by atoms with E-state index in [-0.39, 0.29) is 6.04 Å². The predicted molar refractivity (Wildman–Crippen MR) is 76.6 cm³/mol. The molecule has 0 saturated carbocycles. The zero-order valence-corrected chi connectivity index (χ0v) is 11.1. The van der Waals surface area contributed by atoms with Crippen molar-refractivity contribution < 1.29 is 9.47 Å². The van der Waals surface area contributed by atoms with E-state index in [1.54, 1.807) is 0 Å². The van der Waals surface area contributed by atoms with Gasteiger partial charge >= 0.3 is 0 Å². The Labute approximate surface area is 113 Å². The molecule has 0 radical (unpaired) electrons. The van der Waals surface area contributed by atoms with Gasteiger partial charge in [0.15, 0.2) is 0 Å². The first kappa shape index (κ1) is 12.5. The second-order valence-electron chi connectivity index (χ2n) is 5.09. The van der Waals surface area contributed by atoms with Crippen molar-refractivity contribution >= 4 is 10.8 Å². The summed E-state index contributed by atoms with van der Waals surface area (Å²) in [7, 11) is 0. The van der Waals surface area contributed by atoms with Gasteiger partial charge in [-0.3, -0.25) is 0 Å². The van der Waals surface area contributed by atoms with Crippen molar-refractivity contribution in [2.24, 2.45) is 0 Å². The summed E-state index contributed by atoms with van der Waals surface area (Å²) in [5.41, 5.74) is 0. The van der Waals surface area contributed by atoms with E-state index in [0.717, 1.165) is 24.3 Å².